The van der Waals surface area contributed by atoms with Crippen molar-refractivity contribution in [2.75, 3.05) is 22.6 Å². The van der Waals surface area contributed by atoms with Crippen molar-refractivity contribution in [1.29, 1.82) is 0 Å². The number of nitrogens with one attached hydrogen (secondary N) is 2. The lowest BCUT2D eigenvalue weighted by Crippen LogP contribution is -2.30. The molecule has 5 aromatic carbocycles. The fourth-order valence-corrected chi connectivity index (χ4v) is 6.84. The minimum Gasteiger partial charge on any atom is -0.494 e. The van der Waals surface area contributed by atoms with Crippen molar-refractivity contribution in [2.24, 2.45) is 0 Å². The summed E-state index contributed by atoms with van der Waals surface area (Å²) in [6.07, 6.45) is 1.62. The van der Waals surface area contributed by atoms with Crippen molar-refractivity contribution >= 4 is 64.4 Å². The predicted molar refractivity (Wildman–Crippen MR) is 189 cm³/mol. The molecule has 0 atom stereocenters. The number of rotatable bonds is 10. The third kappa shape index (κ3) is 7.77. The standard InChI is InChI=1S/C38H31N3O4S2/c1-2-45-29-21-19-26(20-22-29)23-31(40-37(43)27-11-4-3-5-12-27)38(44)39-28-13-10-14-30(24-28)46-25-36(42)41-32-15-6-8-17-34(32)47-35-18-9-7-16-33(35)41/h3-24H,2,25H2,1H3,(H,39,44)(H,40,43)/b31-23-. The first kappa shape index (κ1) is 31.7. The van der Waals surface area contributed by atoms with Crippen LogP contribution in [0.3, 0.4) is 0 Å². The summed E-state index contributed by atoms with van der Waals surface area (Å²) in [5.74, 6) is -0.0283. The van der Waals surface area contributed by atoms with Gasteiger partial charge in [0.15, 0.2) is 0 Å². The molecule has 5 aromatic rings. The third-order valence-electron chi connectivity index (χ3n) is 7.17. The summed E-state index contributed by atoms with van der Waals surface area (Å²) in [5, 5.41) is 5.68. The van der Waals surface area contributed by atoms with Crippen molar-refractivity contribution in [3.05, 3.63) is 144 Å². The topological polar surface area (TPSA) is 87.7 Å². The van der Waals surface area contributed by atoms with Gasteiger partial charge in [-0.15, -0.1) is 11.8 Å². The van der Waals surface area contributed by atoms with E-state index in [0.29, 0.717) is 29.2 Å². The molecule has 7 nitrogen and oxygen atoms in total. The summed E-state index contributed by atoms with van der Waals surface area (Å²) in [6, 6.07) is 39.1. The van der Waals surface area contributed by atoms with E-state index in [1.165, 1.54) is 11.8 Å². The SMILES string of the molecule is CCOc1ccc(/C=C(\NC(=O)c2ccccc2)C(=O)Nc2cccc(SCC(=O)N3c4ccccc4Sc4ccccc43)c2)cc1. The number of carbonyl (C=O) groups is 3. The Bertz CT molecular complexity index is 1900. The molecule has 0 saturated heterocycles. The summed E-state index contributed by atoms with van der Waals surface area (Å²) in [5.41, 5.74) is 3.49. The van der Waals surface area contributed by atoms with Gasteiger partial charge in [-0.3, -0.25) is 19.3 Å². The van der Waals surface area contributed by atoms with Crippen LogP contribution in [0.5, 0.6) is 5.75 Å². The van der Waals surface area contributed by atoms with Gasteiger partial charge in [0.2, 0.25) is 5.91 Å². The zero-order chi connectivity index (χ0) is 32.6. The van der Waals surface area contributed by atoms with Gasteiger partial charge < -0.3 is 15.4 Å². The molecule has 234 valence electrons. The van der Waals surface area contributed by atoms with E-state index in [4.69, 9.17) is 4.74 Å². The predicted octanol–water partition coefficient (Wildman–Crippen LogP) is 8.42. The molecule has 9 heteroatoms. The number of thioether (sulfide) groups is 1. The fourth-order valence-electron chi connectivity index (χ4n) is 4.98. The highest BCUT2D eigenvalue weighted by atomic mass is 32.2. The molecule has 1 heterocycles. The molecule has 0 aliphatic carbocycles. The number of amides is 3. The van der Waals surface area contributed by atoms with E-state index in [1.54, 1.807) is 53.1 Å². The van der Waals surface area contributed by atoms with Crippen molar-refractivity contribution in [3.8, 4) is 5.75 Å². The number of ether oxygens (including phenoxy) is 1. The Hall–Kier alpha value is -5.25. The van der Waals surface area contributed by atoms with Gasteiger partial charge in [0.25, 0.3) is 11.8 Å². The Morgan fingerprint density at radius 3 is 2.13 bits per heavy atom. The van der Waals surface area contributed by atoms with E-state index >= 15 is 0 Å². The van der Waals surface area contributed by atoms with Crippen LogP contribution in [0, 0.1) is 0 Å². The Kier molecular flexibility index (Phi) is 10.1. The number of hydrogen-bond donors (Lipinski definition) is 2. The van der Waals surface area contributed by atoms with E-state index in [9.17, 15) is 14.4 Å². The smallest absolute Gasteiger partial charge is 0.272 e. The molecule has 6 rings (SSSR count). The van der Waals surface area contributed by atoms with Gasteiger partial charge >= 0.3 is 0 Å². The van der Waals surface area contributed by atoms with Crippen LogP contribution >= 0.6 is 23.5 Å². The Balaban J connectivity index is 1.18. The lowest BCUT2D eigenvalue weighted by molar-refractivity contribution is -0.115. The van der Waals surface area contributed by atoms with Crippen LogP contribution in [-0.2, 0) is 9.59 Å². The summed E-state index contributed by atoms with van der Waals surface area (Å²) in [6.45, 7) is 2.45. The highest BCUT2D eigenvalue weighted by Crippen LogP contribution is 2.48. The number of fused-ring (bicyclic) bond motifs is 2. The molecule has 3 amide bonds. The van der Waals surface area contributed by atoms with Crippen LogP contribution < -0.4 is 20.3 Å². The largest absolute Gasteiger partial charge is 0.494 e. The number of carbonyl (C=O) groups excluding carboxylic acids is 3. The second-order valence-electron chi connectivity index (χ2n) is 10.4. The molecule has 47 heavy (non-hydrogen) atoms. The first-order valence-corrected chi connectivity index (χ1v) is 16.8. The number of para-hydroxylation sites is 2. The number of nitrogens with zero attached hydrogens (tertiary/aromatic N) is 1. The highest BCUT2D eigenvalue weighted by molar-refractivity contribution is 8.00. The maximum atomic E-state index is 13.7. The zero-order valence-corrected chi connectivity index (χ0v) is 27.1. The fraction of sp³-hybridized carbons (Fsp3) is 0.0789. The second-order valence-corrected chi connectivity index (χ2v) is 12.6. The van der Waals surface area contributed by atoms with Gasteiger partial charge in [0, 0.05) is 25.9 Å². The highest BCUT2D eigenvalue weighted by Gasteiger charge is 2.27. The third-order valence-corrected chi connectivity index (χ3v) is 9.28. The average Bonchev–Trinajstić information content (AvgIpc) is 3.10. The molecule has 0 fully saturated rings. The molecule has 0 saturated carbocycles. The monoisotopic (exact) mass is 657 g/mol. The van der Waals surface area contributed by atoms with E-state index in [1.807, 2.05) is 104 Å². The maximum Gasteiger partial charge on any atom is 0.272 e. The van der Waals surface area contributed by atoms with Crippen LogP contribution in [0.4, 0.5) is 17.1 Å². The second kappa shape index (κ2) is 14.9. The van der Waals surface area contributed by atoms with E-state index < -0.39 is 11.8 Å². The number of benzene rings is 5. The lowest BCUT2D eigenvalue weighted by atomic mass is 10.1. The molecule has 0 aromatic heterocycles. The normalized spacial score (nSPS) is 12.0. The van der Waals surface area contributed by atoms with Gasteiger partial charge in [-0.25, -0.2) is 0 Å². The van der Waals surface area contributed by atoms with Gasteiger partial charge in [-0.1, -0.05) is 72.4 Å². The van der Waals surface area contributed by atoms with Crippen molar-refractivity contribution in [1.82, 2.24) is 5.32 Å². The summed E-state index contributed by atoms with van der Waals surface area (Å²) >= 11 is 3.05. The van der Waals surface area contributed by atoms with Crippen LogP contribution in [-0.4, -0.2) is 30.1 Å². The average molecular weight is 658 g/mol. The molecule has 0 bridgehead atoms. The van der Waals surface area contributed by atoms with E-state index in [2.05, 4.69) is 10.6 Å². The molecule has 1 aliphatic heterocycles. The molecular weight excluding hydrogens is 627 g/mol. The lowest BCUT2D eigenvalue weighted by Gasteiger charge is -2.31. The van der Waals surface area contributed by atoms with Gasteiger partial charge in [0.05, 0.1) is 23.7 Å². The summed E-state index contributed by atoms with van der Waals surface area (Å²) in [7, 11) is 0. The minimum atomic E-state index is -0.486. The van der Waals surface area contributed by atoms with Crippen molar-refractivity contribution < 1.29 is 19.1 Å². The zero-order valence-electron chi connectivity index (χ0n) is 25.5. The molecular formula is C38H31N3O4S2. The maximum absolute atomic E-state index is 13.7. The quantitative estimate of drug-likeness (QED) is 0.116. The summed E-state index contributed by atoms with van der Waals surface area (Å²) < 4.78 is 5.53. The van der Waals surface area contributed by atoms with Crippen molar-refractivity contribution in [3.63, 3.8) is 0 Å². The molecule has 1 aliphatic rings. The molecule has 2 N–H and O–H groups in total. The molecule has 0 unspecified atom stereocenters. The molecule has 0 spiro atoms. The van der Waals surface area contributed by atoms with Gasteiger partial charge in [-0.2, -0.15) is 0 Å². The van der Waals surface area contributed by atoms with Crippen molar-refractivity contribution in [2.45, 2.75) is 21.6 Å². The number of hydrogen-bond acceptors (Lipinski definition) is 6. The van der Waals surface area contributed by atoms with Crippen LogP contribution in [0.25, 0.3) is 6.08 Å². The van der Waals surface area contributed by atoms with Gasteiger partial charge in [-0.05, 0) is 85.3 Å². The van der Waals surface area contributed by atoms with E-state index in [0.717, 1.165) is 26.1 Å². The first-order chi connectivity index (χ1) is 23.0. The number of anilines is 3. The first-order valence-electron chi connectivity index (χ1n) is 15.0. The minimum absolute atomic E-state index is 0.0474. The summed E-state index contributed by atoms with van der Waals surface area (Å²) in [4.78, 5) is 44.9. The molecule has 0 radical (unpaired) electrons. The van der Waals surface area contributed by atoms with Gasteiger partial charge in [0.1, 0.15) is 11.4 Å². The Labute approximate surface area is 282 Å². The van der Waals surface area contributed by atoms with Crippen LogP contribution in [0.2, 0.25) is 0 Å². The van der Waals surface area contributed by atoms with Crippen LogP contribution in [0.1, 0.15) is 22.8 Å². The van der Waals surface area contributed by atoms with Crippen LogP contribution in [0.15, 0.2) is 148 Å². The Morgan fingerprint density at radius 1 is 0.787 bits per heavy atom. The Morgan fingerprint density at radius 2 is 1.45 bits per heavy atom. The van der Waals surface area contributed by atoms with E-state index in [-0.39, 0.29) is 17.4 Å².